The molecule has 0 aromatic rings. The van der Waals surface area contributed by atoms with Crippen LogP contribution in [0.2, 0.25) is 0 Å². The molecule has 1 aliphatic heterocycles. The van der Waals surface area contributed by atoms with Gasteiger partial charge in [-0.2, -0.15) is 0 Å². The van der Waals surface area contributed by atoms with Gasteiger partial charge >= 0.3 is 0 Å². The van der Waals surface area contributed by atoms with Crippen molar-refractivity contribution in [3.63, 3.8) is 0 Å². The van der Waals surface area contributed by atoms with E-state index in [9.17, 15) is 0 Å². The molecule has 5 heteroatoms. The minimum absolute atomic E-state index is 0.264. The molecule has 1 saturated heterocycles. The van der Waals surface area contributed by atoms with Gasteiger partial charge in [-0.3, -0.25) is 5.41 Å². The van der Waals surface area contributed by atoms with Gasteiger partial charge in [0.1, 0.15) is 0 Å². The highest BCUT2D eigenvalue weighted by atomic mass is 16.7. The van der Waals surface area contributed by atoms with Crippen LogP contribution in [0.15, 0.2) is 0 Å². The van der Waals surface area contributed by atoms with E-state index in [1.807, 2.05) is 19.0 Å². The van der Waals surface area contributed by atoms with Crippen molar-refractivity contribution in [1.29, 1.82) is 5.41 Å². The largest absolute Gasteiger partial charge is 0.355 e. The first-order valence-corrected chi connectivity index (χ1v) is 4.86. The van der Waals surface area contributed by atoms with Crippen LogP contribution in [0, 0.1) is 5.41 Å². The maximum atomic E-state index is 7.85. The first kappa shape index (κ1) is 11.4. The van der Waals surface area contributed by atoms with E-state index in [0.717, 1.165) is 6.54 Å². The first-order chi connectivity index (χ1) is 6.66. The van der Waals surface area contributed by atoms with E-state index in [0.29, 0.717) is 19.0 Å². The van der Waals surface area contributed by atoms with E-state index in [-0.39, 0.29) is 6.04 Å². The zero-order valence-corrected chi connectivity index (χ0v) is 9.04. The second-order valence-electron chi connectivity index (χ2n) is 3.48. The third-order valence-electron chi connectivity index (χ3n) is 2.39. The van der Waals surface area contributed by atoms with Gasteiger partial charge in [0.25, 0.3) is 0 Å². The van der Waals surface area contributed by atoms with Gasteiger partial charge in [0.15, 0.2) is 5.84 Å². The van der Waals surface area contributed by atoms with Gasteiger partial charge in [-0.1, -0.05) is 0 Å². The Bertz CT molecular complexity index is 192. The Balaban J connectivity index is 2.42. The maximum Gasteiger partial charge on any atom is 0.216 e. The molecule has 1 atom stereocenters. The number of nitrogens with one attached hydrogen (secondary N) is 2. The SMILES string of the molecule is CNCC(C)N(C)C(=N)C1OCCO1. The maximum absolute atomic E-state index is 7.85. The molecular formula is C9H19N3O2. The molecule has 0 saturated carbocycles. The Hall–Kier alpha value is -0.650. The summed E-state index contributed by atoms with van der Waals surface area (Å²) in [4.78, 5) is 1.87. The number of likely N-dealkylation sites (N-methyl/N-ethyl adjacent to an activating group) is 2. The molecule has 1 aliphatic rings. The Morgan fingerprint density at radius 2 is 2.14 bits per heavy atom. The van der Waals surface area contributed by atoms with Crippen LogP contribution in [0.1, 0.15) is 6.92 Å². The number of nitrogens with zero attached hydrogens (tertiary/aromatic N) is 1. The zero-order chi connectivity index (χ0) is 10.6. The monoisotopic (exact) mass is 201 g/mol. The summed E-state index contributed by atoms with van der Waals surface area (Å²) in [5.41, 5.74) is 0. The highest BCUT2D eigenvalue weighted by Gasteiger charge is 2.25. The topological polar surface area (TPSA) is 57.6 Å². The van der Waals surface area contributed by atoms with Crippen molar-refractivity contribution >= 4 is 5.84 Å². The van der Waals surface area contributed by atoms with E-state index < -0.39 is 6.29 Å². The first-order valence-electron chi connectivity index (χ1n) is 4.86. The highest BCUT2D eigenvalue weighted by Crippen LogP contribution is 2.08. The quantitative estimate of drug-likeness (QED) is 0.491. The molecule has 82 valence electrons. The molecule has 1 heterocycles. The third kappa shape index (κ3) is 2.67. The molecule has 1 unspecified atom stereocenters. The van der Waals surface area contributed by atoms with Gasteiger partial charge in [-0.25, -0.2) is 0 Å². The van der Waals surface area contributed by atoms with Gasteiger partial charge in [-0.05, 0) is 14.0 Å². The second kappa shape index (κ2) is 5.29. The van der Waals surface area contributed by atoms with Crippen molar-refractivity contribution in [2.75, 3.05) is 33.9 Å². The van der Waals surface area contributed by atoms with Crippen molar-refractivity contribution < 1.29 is 9.47 Å². The van der Waals surface area contributed by atoms with E-state index in [1.54, 1.807) is 0 Å². The van der Waals surface area contributed by atoms with Crippen molar-refractivity contribution in [2.45, 2.75) is 19.3 Å². The summed E-state index contributed by atoms with van der Waals surface area (Å²) in [5.74, 6) is 0.394. The van der Waals surface area contributed by atoms with Crippen molar-refractivity contribution in [3.05, 3.63) is 0 Å². The Morgan fingerprint density at radius 3 is 2.64 bits per heavy atom. The van der Waals surface area contributed by atoms with Crippen LogP contribution in [-0.4, -0.2) is 56.9 Å². The summed E-state index contributed by atoms with van der Waals surface area (Å²) in [6, 6.07) is 0.264. The number of hydrogen-bond acceptors (Lipinski definition) is 4. The minimum Gasteiger partial charge on any atom is -0.355 e. The van der Waals surface area contributed by atoms with Crippen LogP contribution >= 0.6 is 0 Å². The summed E-state index contributed by atoms with van der Waals surface area (Å²) in [5, 5.41) is 10.9. The Labute approximate surface area is 84.9 Å². The molecular weight excluding hydrogens is 182 g/mol. The number of hydrogen-bond donors (Lipinski definition) is 2. The Kier molecular flexibility index (Phi) is 4.31. The van der Waals surface area contributed by atoms with Crippen LogP contribution in [-0.2, 0) is 9.47 Å². The predicted octanol–water partition coefficient (Wildman–Crippen LogP) is -0.124. The lowest BCUT2D eigenvalue weighted by atomic mass is 10.3. The smallest absolute Gasteiger partial charge is 0.216 e. The summed E-state index contributed by atoms with van der Waals surface area (Å²) in [6.07, 6.45) is -0.473. The zero-order valence-electron chi connectivity index (χ0n) is 9.04. The fraction of sp³-hybridized carbons (Fsp3) is 0.889. The molecule has 1 fully saturated rings. The average Bonchev–Trinajstić information content (AvgIpc) is 2.68. The normalized spacial score (nSPS) is 19.6. The summed E-state index contributed by atoms with van der Waals surface area (Å²) >= 11 is 0. The molecule has 0 aliphatic carbocycles. The van der Waals surface area contributed by atoms with Crippen LogP contribution in [0.4, 0.5) is 0 Å². The van der Waals surface area contributed by atoms with Crippen molar-refractivity contribution in [1.82, 2.24) is 10.2 Å². The van der Waals surface area contributed by atoms with Gasteiger partial charge in [0.05, 0.1) is 13.2 Å². The number of ether oxygens (including phenoxy) is 2. The molecule has 0 aromatic heterocycles. The van der Waals surface area contributed by atoms with Gasteiger partial charge in [0.2, 0.25) is 6.29 Å². The molecule has 0 amide bonds. The molecule has 0 bridgehead atoms. The molecule has 2 N–H and O–H groups in total. The van der Waals surface area contributed by atoms with E-state index in [2.05, 4.69) is 12.2 Å². The fourth-order valence-corrected chi connectivity index (χ4v) is 1.35. The summed E-state index contributed by atoms with van der Waals surface area (Å²) in [6.45, 7) is 4.06. The van der Waals surface area contributed by atoms with Crippen LogP contribution in [0.3, 0.4) is 0 Å². The number of amidine groups is 1. The lowest BCUT2D eigenvalue weighted by molar-refractivity contribution is 0.00408. The van der Waals surface area contributed by atoms with E-state index in [1.165, 1.54) is 0 Å². The van der Waals surface area contributed by atoms with Crippen molar-refractivity contribution in [3.8, 4) is 0 Å². The summed E-state index contributed by atoms with van der Waals surface area (Å²) < 4.78 is 10.5. The van der Waals surface area contributed by atoms with Gasteiger partial charge in [-0.15, -0.1) is 0 Å². The van der Waals surface area contributed by atoms with Crippen LogP contribution < -0.4 is 5.32 Å². The molecule has 0 radical (unpaired) electrons. The van der Waals surface area contributed by atoms with Gasteiger partial charge in [0, 0.05) is 19.6 Å². The fourth-order valence-electron chi connectivity index (χ4n) is 1.35. The lowest BCUT2D eigenvalue weighted by Crippen LogP contribution is -2.45. The molecule has 14 heavy (non-hydrogen) atoms. The van der Waals surface area contributed by atoms with E-state index in [4.69, 9.17) is 14.9 Å². The summed E-state index contributed by atoms with van der Waals surface area (Å²) in [7, 11) is 3.78. The average molecular weight is 201 g/mol. The minimum atomic E-state index is -0.473. The van der Waals surface area contributed by atoms with Crippen LogP contribution in [0.25, 0.3) is 0 Å². The standard InChI is InChI=1S/C9H19N3O2/c1-7(6-11-2)12(3)8(10)9-13-4-5-14-9/h7,9-11H,4-6H2,1-3H3. The lowest BCUT2D eigenvalue weighted by Gasteiger charge is -2.28. The number of rotatable bonds is 4. The van der Waals surface area contributed by atoms with Gasteiger partial charge < -0.3 is 19.7 Å². The van der Waals surface area contributed by atoms with Crippen LogP contribution in [0.5, 0.6) is 0 Å². The molecule has 0 spiro atoms. The Morgan fingerprint density at radius 1 is 1.57 bits per heavy atom. The predicted molar refractivity (Wildman–Crippen MR) is 54.6 cm³/mol. The third-order valence-corrected chi connectivity index (χ3v) is 2.39. The highest BCUT2D eigenvalue weighted by molar-refractivity contribution is 5.82. The van der Waals surface area contributed by atoms with E-state index >= 15 is 0 Å². The molecule has 5 nitrogen and oxygen atoms in total. The van der Waals surface area contributed by atoms with Crippen molar-refractivity contribution in [2.24, 2.45) is 0 Å². The molecule has 1 rings (SSSR count). The molecule has 0 aromatic carbocycles. The second-order valence-corrected chi connectivity index (χ2v) is 3.48.